The fraction of sp³-hybridized carbons (Fsp3) is 0.455. The molecule has 1 heterocycles. The number of sulfonamides is 1. The summed E-state index contributed by atoms with van der Waals surface area (Å²) in [6, 6.07) is 3.06. The Balaban J connectivity index is 2.81. The van der Waals surface area contributed by atoms with Gasteiger partial charge in [-0.05, 0) is 24.1 Å². The molecule has 0 aliphatic rings. The van der Waals surface area contributed by atoms with Gasteiger partial charge in [0.05, 0.1) is 5.75 Å². The first-order valence-corrected chi connectivity index (χ1v) is 7.36. The Kier molecular flexibility index (Phi) is 5.67. The van der Waals surface area contributed by atoms with Gasteiger partial charge in [-0.25, -0.2) is 8.42 Å². The lowest BCUT2D eigenvalue weighted by Crippen LogP contribution is -2.43. The fourth-order valence-electron chi connectivity index (χ4n) is 1.53. The maximum atomic E-state index is 12.3. The molecule has 0 bridgehead atoms. The third-order valence-electron chi connectivity index (χ3n) is 2.46. The molecule has 0 atom stereocenters. The number of nitrogens with zero attached hydrogens (tertiary/aromatic N) is 2. The van der Waals surface area contributed by atoms with Crippen LogP contribution in [0.2, 0.25) is 0 Å². The largest absolute Gasteiger partial charge is 0.480 e. The van der Waals surface area contributed by atoms with Crippen molar-refractivity contribution in [2.75, 3.05) is 18.8 Å². The van der Waals surface area contributed by atoms with E-state index in [1.165, 1.54) is 24.5 Å². The lowest BCUT2D eigenvalue weighted by Gasteiger charge is -2.21. The van der Waals surface area contributed by atoms with Crippen LogP contribution < -0.4 is 0 Å². The highest BCUT2D eigenvalue weighted by atomic mass is 32.2. The number of aliphatic carboxylic acids is 1. The predicted octanol–water partition coefficient (Wildman–Crippen LogP) is 0.903. The van der Waals surface area contributed by atoms with Gasteiger partial charge in [0.25, 0.3) is 0 Å². The molecule has 0 fully saturated rings. The highest BCUT2D eigenvalue weighted by Gasteiger charge is 2.37. The SMILES string of the molecule is O=C(O)CN(CC(F)(F)F)S(=O)(=O)CCc1ccncc1. The molecule has 0 unspecified atom stereocenters. The van der Waals surface area contributed by atoms with Crippen LogP contribution in [0.1, 0.15) is 5.56 Å². The van der Waals surface area contributed by atoms with Gasteiger partial charge in [0.1, 0.15) is 13.1 Å². The molecule has 0 radical (unpaired) electrons. The molecule has 0 aromatic carbocycles. The number of rotatable bonds is 7. The van der Waals surface area contributed by atoms with Gasteiger partial charge in [-0.2, -0.15) is 17.5 Å². The van der Waals surface area contributed by atoms with Gasteiger partial charge in [0.2, 0.25) is 10.0 Å². The number of alkyl halides is 3. The zero-order chi connectivity index (χ0) is 16.1. The van der Waals surface area contributed by atoms with E-state index in [0.29, 0.717) is 5.56 Å². The molecule has 6 nitrogen and oxygen atoms in total. The van der Waals surface area contributed by atoms with Gasteiger partial charge in [0, 0.05) is 12.4 Å². The summed E-state index contributed by atoms with van der Waals surface area (Å²) >= 11 is 0. The number of aryl methyl sites for hydroxylation is 1. The van der Waals surface area contributed by atoms with Crippen molar-refractivity contribution in [2.45, 2.75) is 12.6 Å². The molecule has 0 aliphatic heterocycles. The number of aromatic nitrogens is 1. The number of hydrogen-bond acceptors (Lipinski definition) is 4. The summed E-state index contributed by atoms with van der Waals surface area (Å²) in [5.74, 6) is -2.26. The minimum absolute atomic E-state index is 0.0289. The Bertz CT molecular complexity index is 575. The van der Waals surface area contributed by atoms with Crippen molar-refractivity contribution in [2.24, 2.45) is 0 Å². The minimum atomic E-state index is -4.81. The second kappa shape index (κ2) is 6.85. The number of hydrogen-bond donors (Lipinski definition) is 1. The van der Waals surface area contributed by atoms with Crippen LogP contribution in [0.3, 0.4) is 0 Å². The minimum Gasteiger partial charge on any atom is -0.480 e. The second-order valence-electron chi connectivity index (χ2n) is 4.20. The molecule has 0 spiro atoms. The first-order valence-electron chi connectivity index (χ1n) is 5.75. The molecular formula is C11H13F3N2O4S. The number of carboxylic acids is 1. The zero-order valence-corrected chi connectivity index (χ0v) is 11.6. The van der Waals surface area contributed by atoms with E-state index in [9.17, 15) is 26.4 Å². The molecule has 1 aromatic heterocycles. The first-order chi connectivity index (χ1) is 9.60. The lowest BCUT2D eigenvalue weighted by molar-refractivity contribution is -0.146. The summed E-state index contributed by atoms with van der Waals surface area (Å²) in [6.07, 6.45) is -1.99. The van der Waals surface area contributed by atoms with Gasteiger partial charge >= 0.3 is 12.1 Å². The molecule has 0 saturated carbocycles. The van der Waals surface area contributed by atoms with Crippen LogP contribution in [0, 0.1) is 0 Å². The van der Waals surface area contributed by atoms with Crippen LogP contribution in [0.4, 0.5) is 13.2 Å². The molecule has 0 saturated heterocycles. The summed E-state index contributed by atoms with van der Waals surface area (Å²) in [6.45, 7) is -3.05. The lowest BCUT2D eigenvalue weighted by atomic mass is 10.2. The van der Waals surface area contributed by atoms with Crippen LogP contribution in [0.25, 0.3) is 0 Å². The van der Waals surface area contributed by atoms with E-state index in [1.54, 1.807) is 0 Å². The Morgan fingerprint density at radius 3 is 2.33 bits per heavy atom. The van der Waals surface area contributed by atoms with Gasteiger partial charge in [0.15, 0.2) is 0 Å². The van der Waals surface area contributed by atoms with E-state index in [-0.39, 0.29) is 10.7 Å². The molecule has 0 aliphatic carbocycles. The highest BCUT2D eigenvalue weighted by molar-refractivity contribution is 7.89. The van der Waals surface area contributed by atoms with Gasteiger partial charge in [-0.1, -0.05) is 0 Å². The second-order valence-corrected chi connectivity index (χ2v) is 6.29. The average molecular weight is 326 g/mol. The van der Waals surface area contributed by atoms with Crippen molar-refractivity contribution in [3.05, 3.63) is 30.1 Å². The Labute approximate surface area is 119 Å². The summed E-state index contributed by atoms with van der Waals surface area (Å²) in [7, 11) is -4.34. The van der Waals surface area contributed by atoms with Gasteiger partial charge < -0.3 is 5.11 Å². The van der Waals surface area contributed by atoms with Crippen LogP contribution in [-0.4, -0.2) is 53.8 Å². The quantitative estimate of drug-likeness (QED) is 0.804. The molecular weight excluding hydrogens is 313 g/mol. The van der Waals surface area contributed by atoms with Crippen molar-refractivity contribution in [3.8, 4) is 0 Å². The van der Waals surface area contributed by atoms with Crippen LogP contribution in [0.15, 0.2) is 24.5 Å². The maximum absolute atomic E-state index is 12.3. The van der Waals surface area contributed by atoms with E-state index < -0.39 is 41.0 Å². The molecule has 21 heavy (non-hydrogen) atoms. The van der Waals surface area contributed by atoms with E-state index in [1.807, 2.05) is 0 Å². The summed E-state index contributed by atoms with van der Waals surface area (Å²) in [5, 5.41) is 8.55. The van der Waals surface area contributed by atoms with Crippen LogP contribution >= 0.6 is 0 Å². The smallest absolute Gasteiger partial charge is 0.402 e. The molecule has 1 N–H and O–H groups in total. The van der Waals surface area contributed by atoms with Gasteiger partial charge in [-0.15, -0.1) is 0 Å². The fourth-order valence-corrected chi connectivity index (χ4v) is 2.93. The maximum Gasteiger partial charge on any atom is 0.402 e. The predicted molar refractivity (Wildman–Crippen MR) is 67.0 cm³/mol. The third kappa shape index (κ3) is 6.54. The van der Waals surface area contributed by atoms with Crippen molar-refractivity contribution < 1.29 is 31.5 Å². The van der Waals surface area contributed by atoms with Crippen LogP contribution in [0.5, 0.6) is 0 Å². The molecule has 1 aromatic rings. The van der Waals surface area contributed by atoms with E-state index in [2.05, 4.69) is 4.98 Å². The summed E-state index contributed by atoms with van der Waals surface area (Å²) in [5.41, 5.74) is 0.579. The Morgan fingerprint density at radius 1 is 1.29 bits per heavy atom. The summed E-state index contributed by atoms with van der Waals surface area (Å²) in [4.78, 5) is 14.3. The standard InChI is InChI=1S/C11H13F3N2O4S/c12-11(13,14)8-16(7-10(17)18)21(19,20)6-3-9-1-4-15-5-2-9/h1-2,4-5H,3,6-8H2,(H,17,18). The zero-order valence-electron chi connectivity index (χ0n) is 10.7. The monoisotopic (exact) mass is 326 g/mol. The number of carbonyl (C=O) groups is 1. The Morgan fingerprint density at radius 2 is 1.86 bits per heavy atom. The first kappa shape index (κ1) is 17.4. The molecule has 1 rings (SSSR count). The van der Waals surface area contributed by atoms with Gasteiger partial charge in [-0.3, -0.25) is 9.78 Å². The molecule has 118 valence electrons. The average Bonchev–Trinajstić information content (AvgIpc) is 2.35. The number of pyridine rings is 1. The summed E-state index contributed by atoms with van der Waals surface area (Å²) < 4.78 is 60.7. The van der Waals surface area contributed by atoms with E-state index >= 15 is 0 Å². The van der Waals surface area contributed by atoms with Crippen molar-refractivity contribution in [1.82, 2.24) is 9.29 Å². The van der Waals surface area contributed by atoms with Crippen molar-refractivity contribution in [1.29, 1.82) is 0 Å². The molecule has 10 heteroatoms. The van der Waals surface area contributed by atoms with E-state index in [0.717, 1.165) is 0 Å². The van der Waals surface area contributed by atoms with Crippen molar-refractivity contribution in [3.63, 3.8) is 0 Å². The molecule has 0 amide bonds. The van der Waals surface area contributed by atoms with Crippen molar-refractivity contribution >= 4 is 16.0 Å². The van der Waals surface area contributed by atoms with E-state index in [4.69, 9.17) is 5.11 Å². The Hall–Kier alpha value is -1.68. The normalized spacial score (nSPS) is 12.6. The topological polar surface area (TPSA) is 87.6 Å². The number of carboxylic acid groups (broad SMARTS) is 1. The number of halogens is 3. The highest BCUT2D eigenvalue weighted by Crippen LogP contribution is 2.19. The van der Waals surface area contributed by atoms with Crippen LogP contribution in [-0.2, 0) is 21.2 Å². The third-order valence-corrected chi connectivity index (χ3v) is 4.22.